The minimum absolute atomic E-state index is 0.239. The SMILES string of the molecule is Cc1cc(N2CCCCC2)cc2c1c(=O)oc1ccccc12. The van der Waals surface area contributed by atoms with E-state index in [0.29, 0.717) is 11.0 Å². The number of aryl methyl sites for hydroxylation is 1. The van der Waals surface area contributed by atoms with Crippen LogP contribution in [-0.4, -0.2) is 13.1 Å². The second-order valence-corrected chi connectivity index (χ2v) is 6.12. The van der Waals surface area contributed by atoms with Crippen molar-refractivity contribution in [1.82, 2.24) is 0 Å². The van der Waals surface area contributed by atoms with Crippen LogP contribution in [0.2, 0.25) is 0 Å². The van der Waals surface area contributed by atoms with Crippen molar-refractivity contribution in [3.8, 4) is 0 Å². The largest absolute Gasteiger partial charge is 0.422 e. The Morgan fingerprint density at radius 2 is 1.77 bits per heavy atom. The lowest BCUT2D eigenvalue weighted by Gasteiger charge is -2.29. The van der Waals surface area contributed by atoms with Crippen LogP contribution in [0.1, 0.15) is 24.8 Å². The van der Waals surface area contributed by atoms with Gasteiger partial charge in [-0.2, -0.15) is 0 Å². The van der Waals surface area contributed by atoms with E-state index in [0.717, 1.165) is 29.4 Å². The van der Waals surface area contributed by atoms with Crippen LogP contribution >= 0.6 is 0 Å². The molecule has 1 aliphatic heterocycles. The average Bonchev–Trinajstić information content (AvgIpc) is 2.55. The van der Waals surface area contributed by atoms with Gasteiger partial charge in [-0.05, 0) is 49.9 Å². The summed E-state index contributed by atoms with van der Waals surface area (Å²) in [7, 11) is 0. The number of para-hydroxylation sites is 1. The van der Waals surface area contributed by atoms with Crippen molar-refractivity contribution < 1.29 is 4.42 Å². The van der Waals surface area contributed by atoms with Gasteiger partial charge >= 0.3 is 5.63 Å². The molecule has 1 saturated heterocycles. The fourth-order valence-electron chi connectivity index (χ4n) is 3.52. The van der Waals surface area contributed by atoms with E-state index in [1.54, 1.807) is 0 Å². The lowest BCUT2D eigenvalue weighted by atomic mass is 10.0. The summed E-state index contributed by atoms with van der Waals surface area (Å²) in [5, 5.41) is 2.73. The number of hydrogen-bond acceptors (Lipinski definition) is 3. The fourth-order valence-corrected chi connectivity index (χ4v) is 3.52. The third-order valence-corrected chi connectivity index (χ3v) is 4.63. The van der Waals surface area contributed by atoms with Gasteiger partial charge in [0.15, 0.2) is 0 Å². The van der Waals surface area contributed by atoms with Gasteiger partial charge in [-0.25, -0.2) is 4.79 Å². The third-order valence-electron chi connectivity index (χ3n) is 4.63. The Bertz CT molecular complexity index is 904. The van der Waals surface area contributed by atoms with Crippen LogP contribution in [0.25, 0.3) is 21.7 Å². The first kappa shape index (κ1) is 13.4. The van der Waals surface area contributed by atoms with Crippen LogP contribution in [0.3, 0.4) is 0 Å². The number of nitrogens with zero attached hydrogens (tertiary/aromatic N) is 1. The van der Waals surface area contributed by atoms with Crippen molar-refractivity contribution in [3.05, 3.63) is 52.4 Å². The molecule has 2 aromatic carbocycles. The van der Waals surface area contributed by atoms with E-state index in [2.05, 4.69) is 17.0 Å². The normalized spacial score (nSPS) is 15.6. The molecule has 0 atom stereocenters. The first-order valence-electron chi connectivity index (χ1n) is 7.95. The quantitative estimate of drug-likeness (QED) is 0.497. The highest BCUT2D eigenvalue weighted by atomic mass is 16.4. The lowest BCUT2D eigenvalue weighted by Crippen LogP contribution is -2.29. The maximum absolute atomic E-state index is 12.3. The maximum Gasteiger partial charge on any atom is 0.344 e. The molecular weight excluding hydrogens is 274 g/mol. The number of fused-ring (bicyclic) bond motifs is 3. The molecule has 0 spiro atoms. The Balaban J connectivity index is 2.02. The molecule has 4 rings (SSSR count). The number of piperidine rings is 1. The van der Waals surface area contributed by atoms with Crippen LogP contribution in [0.15, 0.2) is 45.6 Å². The Hall–Kier alpha value is -2.29. The zero-order chi connectivity index (χ0) is 15.1. The van der Waals surface area contributed by atoms with Gasteiger partial charge in [0.1, 0.15) is 5.58 Å². The van der Waals surface area contributed by atoms with Crippen molar-refractivity contribution in [2.75, 3.05) is 18.0 Å². The summed E-state index contributed by atoms with van der Waals surface area (Å²) in [6.45, 7) is 4.20. The molecule has 3 aromatic rings. The van der Waals surface area contributed by atoms with E-state index in [1.165, 1.54) is 24.9 Å². The van der Waals surface area contributed by atoms with Gasteiger partial charge in [-0.1, -0.05) is 18.2 Å². The van der Waals surface area contributed by atoms with Crippen molar-refractivity contribution in [2.24, 2.45) is 0 Å². The minimum atomic E-state index is -0.239. The Labute approximate surface area is 129 Å². The van der Waals surface area contributed by atoms with E-state index in [9.17, 15) is 4.79 Å². The summed E-state index contributed by atoms with van der Waals surface area (Å²) in [4.78, 5) is 14.8. The summed E-state index contributed by atoms with van der Waals surface area (Å²) < 4.78 is 5.47. The highest BCUT2D eigenvalue weighted by Gasteiger charge is 2.15. The third kappa shape index (κ3) is 2.08. The predicted molar refractivity (Wildman–Crippen MR) is 90.8 cm³/mol. The molecule has 0 N–H and O–H groups in total. The molecule has 0 bridgehead atoms. The molecule has 0 saturated carbocycles. The molecule has 0 amide bonds. The van der Waals surface area contributed by atoms with Crippen LogP contribution in [0.4, 0.5) is 5.69 Å². The molecule has 0 aliphatic carbocycles. The zero-order valence-corrected chi connectivity index (χ0v) is 12.8. The smallest absolute Gasteiger partial charge is 0.344 e. The van der Waals surface area contributed by atoms with Crippen LogP contribution in [-0.2, 0) is 0 Å². The molecule has 2 heterocycles. The molecule has 0 unspecified atom stereocenters. The molecule has 1 aliphatic rings. The van der Waals surface area contributed by atoms with Gasteiger partial charge in [-0.15, -0.1) is 0 Å². The second-order valence-electron chi connectivity index (χ2n) is 6.12. The van der Waals surface area contributed by atoms with Crippen LogP contribution in [0.5, 0.6) is 0 Å². The molecule has 3 nitrogen and oxygen atoms in total. The number of hydrogen-bond donors (Lipinski definition) is 0. The van der Waals surface area contributed by atoms with Gasteiger partial charge in [0.2, 0.25) is 0 Å². The van der Waals surface area contributed by atoms with Gasteiger partial charge < -0.3 is 9.32 Å². The molecule has 22 heavy (non-hydrogen) atoms. The van der Waals surface area contributed by atoms with Crippen molar-refractivity contribution in [2.45, 2.75) is 26.2 Å². The molecule has 0 radical (unpaired) electrons. The summed E-state index contributed by atoms with van der Waals surface area (Å²) in [6, 6.07) is 12.1. The molecule has 1 aromatic heterocycles. The predicted octanol–water partition coefficient (Wildman–Crippen LogP) is 4.24. The van der Waals surface area contributed by atoms with Gasteiger partial charge in [-0.3, -0.25) is 0 Å². The standard InChI is InChI=1S/C19H19NO2/c1-13-11-14(20-9-5-2-6-10-20)12-16-15-7-3-4-8-17(15)22-19(21)18(13)16/h3-4,7-8,11-12H,2,5-6,9-10H2,1H3. The number of rotatable bonds is 1. The zero-order valence-electron chi connectivity index (χ0n) is 12.8. The summed E-state index contributed by atoms with van der Waals surface area (Å²) in [5.74, 6) is 0. The van der Waals surface area contributed by atoms with Crippen molar-refractivity contribution >= 4 is 27.4 Å². The van der Waals surface area contributed by atoms with Crippen LogP contribution in [0, 0.1) is 6.92 Å². The summed E-state index contributed by atoms with van der Waals surface area (Å²) in [5.41, 5.74) is 2.64. The molecule has 112 valence electrons. The highest BCUT2D eigenvalue weighted by molar-refractivity contribution is 6.06. The monoisotopic (exact) mass is 293 g/mol. The Morgan fingerprint density at radius 1 is 1.00 bits per heavy atom. The highest BCUT2D eigenvalue weighted by Crippen LogP contribution is 2.30. The molecular formula is C19H19NO2. The lowest BCUT2D eigenvalue weighted by molar-refractivity contribution is 0.569. The van der Waals surface area contributed by atoms with Crippen LogP contribution < -0.4 is 10.5 Å². The van der Waals surface area contributed by atoms with Crippen molar-refractivity contribution in [1.29, 1.82) is 0 Å². The molecule has 3 heteroatoms. The number of anilines is 1. The minimum Gasteiger partial charge on any atom is -0.422 e. The Kier molecular flexibility index (Phi) is 3.14. The number of benzene rings is 2. The van der Waals surface area contributed by atoms with E-state index in [-0.39, 0.29) is 5.63 Å². The van der Waals surface area contributed by atoms with E-state index < -0.39 is 0 Å². The van der Waals surface area contributed by atoms with Gasteiger partial charge in [0, 0.05) is 29.5 Å². The van der Waals surface area contributed by atoms with E-state index in [4.69, 9.17) is 4.42 Å². The van der Waals surface area contributed by atoms with E-state index >= 15 is 0 Å². The fraction of sp³-hybridized carbons (Fsp3) is 0.316. The second kappa shape index (κ2) is 5.16. The topological polar surface area (TPSA) is 33.5 Å². The molecule has 1 fully saturated rings. The summed E-state index contributed by atoms with van der Waals surface area (Å²) >= 11 is 0. The maximum atomic E-state index is 12.3. The van der Waals surface area contributed by atoms with Gasteiger partial charge in [0.25, 0.3) is 0 Å². The van der Waals surface area contributed by atoms with E-state index in [1.807, 2.05) is 31.2 Å². The first-order valence-corrected chi connectivity index (χ1v) is 7.95. The Morgan fingerprint density at radius 3 is 2.59 bits per heavy atom. The van der Waals surface area contributed by atoms with Gasteiger partial charge in [0.05, 0.1) is 5.39 Å². The summed E-state index contributed by atoms with van der Waals surface area (Å²) in [6.07, 6.45) is 3.80. The van der Waals surface area contributed by atoms with Crippen molar-refractivity contribution in [3.63, 3.8) is 0 Å². The first-order chi connectivity index (χ1) is 10.7. The average molecular weight is 293 g/mol.